The van der Waals surface area contributed by atoms with E-state index < -0.39 is 6.10 Å². The van der Waals surface area contributed by atoms with Crippen molar-refractivity contribution in [2.75, 3.05) is 0 Å². The summed E-state index contributed by atoms with van der Waals surface area (Å²) < 4.78 is 14.2. The van der Waals surface area contributed by atoms with Gasteiger partial charge in [0.2, 0.25) is 0 Å². The highest BCUT2D eigenvalue weighted by Gasteiger charge is 2.16. The van der Waals surface area contributed by atoms with E-state index >= 15 is 0 Å². The second kappa shape index (κ2) is 5.00. The van der Waals surface area contributed by atoms with Crippen molar-refractivity contribution in [1.29, 1.82) is 0 Å². The maximum absolute atomic E-state index is 13.2. The van der Waals surface area contributed by atoms with Crippen molar-refractivity contribution in [3.05, 3.63) is 69.8 Å². The van der Waals surface area contributed by atoms with Crippen molar-refractivity contribution >= 4 is 21.4 Å². The topological polar surface area (TPSA) is 20.2 Å². The third-order valence-corrected chi connectivity index (χ3v) is 4.66. The number of aryl methyl sites for hydroxylation is 2. The van der Waals surface area contributed by atoms with Crippen LogP contribution >= 0.6 is 11.3 Å². The summed E-state index contributed by atoms with van der Waals surface area (Å²) in [5.74, 6) is -0.247. The lowest BCUT2D eigenvalue weighted by atomic mass is 10.00. The maximum atomic E-state index is 13.2. The molecule has 102 valence electrons. The molecule has 20 heavy (non-hydrogen) atoms. The number of halogens is 1. The van der Waals surface area contributed by atoms with Crippen LogP contribution in [0.15, 0.2) is 42.5 Å². The Morgan fingerprint density at radius 2 is 1.85 bits per heavy atom. The Morgan fingerprint density at radius 1 is 1.05 bits per heavy atom. The Labute approximate surface area is 121 Å². The molecule has 1 heterocycles. The van der Waals surface area contributed by atoms with Crippen molar-refractivity contribution in [2.45, 2.75) is 20.0 Å². The van der Waals surface area contributed by atoms with Crippen LogP contribution in [0.5, 0.6) is 0 Å². The number of thiophene rings is 1. The fourth-order valence-corrected chi connectivity index (χ4v) is 3.51. The van der Waals surface area contributed by atoms with Crippen molar-refractivity contribution in [1.82, 2.24) is 0 Å². The number of hydrogen-bond acceptors (Lipinski definition) is 2. The summed E-state index contributed by atoms with van der Waals surface area (Å²) in [6, 6.07) is 12.6. The summed E-state index contributed by atoms with van der Waals surface area (Å²) in [4.78, 5) is 0.845. The second-order valence-corrected chi connectivity index (χ2v) is 6.21. The van der Waals surface area contributed by atoms with Crippen molar-refractivity contribution in [3.63, 3.8) is 0 Å². The number of fused-ring (bicyclic) bond motifs is 1. The predicted molar refractivity (Wildman–Crippen MR) is 81.8 cm³/mol. The van der Waals surface area contributed by atoms with Crippen molar-refractivity contribution in [2.24, 2.45) is 0 Å². The number of hydrogen-bond donors (Lipinski definition) is 1. The van der Waals surface area contributed by atoms with Crippen LogP contribution in [0.3, 0.4) is 0 Å². The summed E-state index contributed by atoms with van der Waals surface area (Å²) in [6.45, 7) is 4.03. The third-order valence-electron chi connectivity index (χ3n) is 3.49. The molecule has 0 spiro atoms. The SMILES string of the molecule is Cc1ccc(C(O)c2cc3cc(F)ccc3s2)c(C)c1. The van der Waals surface area contributed by atoms with Gasteiger partial charge >= 0.3 is 0 Å². The van der Waals surface area contributed by atoms with Gasteiger partial charge in [0.05, 0.1) is 0 Å². The Bertz CT molecular complexity index is 776. The molecule has 1 unspecified atom stereocenters. The molecular formula is C17H15FOS. The Balaban J connectivity index is 2.05. The van der Waals surface area contributed by atoms with Gasteiger partial charge in [-0.05, 0) is 54.6 Å². The lowest BCUT2D eigenvalue weighted by Crippen LogP contribution is -1.99. The maximum Gasteiger partial charge on any atom is 0.123 e. The van der Waals surface area contributed by atoms with E-state index in [1.807, 2.05) is 32.0 Å². The van der Waals surface area contributed by atoms with Gasteiger partial charge < -0.3 is 5.11 Å². The lowest BCUT2D eigenvalue weighted by molar-refractivity contribution is 0.223. The van der Waals surface area contributed by atoms with Crippen LogP contribution in [0.2, 0.25) is 0 Å². The molecule has 0 fully saturated rings. The molecular weight excluding hydrogens is 271 g/mol. The molecule has 1 N–H and O–H groups in total. The van der Waals surface area contributed by atoms with Crippen molar-refractivity contribution in [3.8, 4) is 0 Å². The van der Waals surface area contributed by atoms with Gasteiger partial charge in [0.1, 0.15) is 11.9 Å². The van der Waals surface area contributed by atoms with Crippen LogP contribution in [0.1, 0.15) is 27.7 Å². The molecule has 1 aromatic heterocycles. The molecule has 0 saturated heterocycles. The van der Waals surface area contributed by atoms with Crippen LogP contribution < -0.4 is 0 Å². The molecule has 3 rings (SSSR count). The fourth-order valence-electron chi connectivity index (χ4n) is 2.46. The van der Waals surface area contributed by atoms with Gasteiger partial charge in [-0.25, -0.2) is 4.39 Å². The molecule has 3 heteroatoms. The highest BCUT2D eigenvalue weighted by atomic mass is 32.1. The minimum Gasteiger partial charge on any atom is -0.383 e. The number of rotatable bonds is 2. The minimum absolute atomic E-state index is 0.247. The van der Waals surface area contributed by atoms with Gasteiger partial charge in [-0.1, -0.05) is 23.8 Å². The van der Waals surface area contributed by atoms with E-state index in [9.17, 15) is 9.50 Å². The van der Waals surface area contributed by atoms with Crippen LogP contribution in [0.4, 0.5) is 4.39 Å². The summed E-state index contributed by atoms with van der Waals surface area (Å²) >= 11 is 1.51. The first-order valence-corrected chi connectivity index (χ1v) is 7.30. The molecule has 1 nitrogen and oxygen atoms in total. The number of aliphatic hydroxyl groups is 1. The van der Waals surface area contributed by atoms with E-state index in [2.05, 4.69) is 6.07 Å². The zero-order valence-corrected chi connectivity index (χ0v) is 12.2. The fraction of sp³-hybridized carbons (Fsp3) is 0.176. The Morgan fingerprint density at radius 3 is 2.60 bits per heavy atom. The molecule has 0 aliphatic rings. The van der Waals surface area contributed by atoms with Crippen LogP contribution in [0, 0.1) is 19.7 Å². The Kier molecular flexibility index (Phi) is 3.32. The zero-order valence-electron chi connectivity index (χ0n) is 11.4. The summed E-state index contributed by atoms with van der Waals surface area (Å²) in [5.41, 5.74) is 3.15. The smallest absolute Gasteiger partial charge is 0.123 e. The van der Waals surface area contributed by atoms with Gasteiger partial charge in [-0.15, -0.1) is 11.3 Å². The second-order valence-electron chi connectivity index (χ2n) is 5.09. The predicted octanol–water partition coefficient (Wildman–Crippen LogP) is 4.74. The summed E-state index contributed by atoms with van der Waals surface area (Å²) in [5, 5.41) is 11.4. The largest absolute Gasteiger partial charge is 0.383 e. The molecule has 0 bridgehead atoms. The van der Waals surface area contributed by atoms with E-state index in [4.69, 9.17) is 0 Å². The molecule has 0 amide bonds. The average molecular weight is 286 g/mol. The molecule has 0 saturated carbocycles. The first-order valence-electron chi connectivity index (χ1n) is 6.49. The van der Waals surface area contributed by atoms with Gasteiger partial charge in [-0.3, -0.25) is 0 Å². The molecule has 1 atom stereocenters. The number of benzene rings is 2. The van der Waals surface area contributed by atoms with Crippen LogP contribution in [0.25, 0.3) is 10.1 Å². The molecule has 3 aromatic rings. The van der Waals surface area contributed by atoms with E-state index in [1.165, 1.54) is 29.0 Å². The van der Waals surface area contributed by atoms with Gasteiger partial charge in [0.15, 0.2) is 0 Å². The highest BCUT2D eigenvalue weighted by Crippen LogP contribution is 2.34. The van der Waals surface area contributed by atoms with E-state index in [0.29, 0.717) is 0 Å². The zero-order chi connectivity index (χ0) is 14.3. The van der Waals surface area contributed by atoms with Crippen LogP contribution in [-0.4, -0.2) is 5.11 Å². The van der Waals surface area contributed by atoms with Crippen molar-refractivity contribution < 1.29 is 9.50 Å². The first-order chi connectivity index (χ1) is 9.54. The third kappa shape index (κ3) is 2.35. The average Bonchev–Trinajstić information content (AvgIpc) is 2.81. The van der Waals surface area contributed by atoms with Gasteiger partial charge in [0, 0.05) is 9.58 Å². The normalized spacial score (nSPS) is 12.8. The minimum atomic E-state index is -0.656. The molecule has 2 aromatic carbocycles. The molecule has 0 aliphatic heterocycles. The van der Waals surface area contributed by atoms with Gasteiger partial charge in [-0.2, -0.15) is 0 Å². The summed E-state index contributed by atoms with van der Waals surface area (Å²) in [6.07, 6.45) is -0.656. The first kappa shape index (κ1) is 13.3. The standard InChI is InChI=1S/C17H15FOS/c1-10-3-5-14(11(2)7-10)17(19)16-9-12-8-13(18)4-6-15(12)20-16/h3-9,17,19H,1-2H3. The van der Waals surface area contributed by atoms with Crippen LogP contribution in [-0.2, 0) is 0 Å². The monoisotopic (exact) mass is 286 g/mol. The highest BCUT2D eigenvalue weighted by molar-refractivity contribution is 7.19. The van der Waals surface area contributed by atoms with E-state index in [0.717, 1.165) is 26.1 Å². The summed E-state index contributed by atoms with van der Waals surface area (Å²) in [7, 11) is 0. The quantitative estimate of drug-likeness (QED) is 0.721. The van der Waals surface area contributed by atoms with E-state index in [-0.39, 0.29) is 5.82 Å². The van der Waals surface area contributed by atoms with Gasteiger partial charge in [0.25, 0.3) is 0 Å². The lowest BCUT2D eigenvalue weighted by Gasteiger charge is -2.12. The number of aliphatic hydroxyl groups excluding tert-OH is 1. The molecule has 0 radical (unpaired) electrons. The van der Waals surface area contributed by atoms with E-state index in [1.54, 1.807) is 6.07 Å². The molecule has 0 aliphatic carbocycles. The Hall–Kier alpha value is -1.71.